The Labute approximate surface area is 125 Å². The Morgan fingerprint density at radius 2 is 2.29 bits per heavy atom. The standard InChI is InChI=1S/C16H24N2O3/c1-20-16(19)15-7-6-14(21-15)11-18(13-4-5-13)10-12-3-2-8-17-9-12/h6-7,12-13,17H,2-5,8-11H2,1H3. The average Bonchev–Trinajstić information content (AvgIpc) is 3.26. The molecule has 0 bridgehead atoms. The van der Waals surface area contributed by atoms with Gasteiger partial charge in [0.1, 0.15) is 5.76 Å². The topological polar surface area (TPSA) is 54.7 Å². The van der Waals surface area contributed by atoms with Crippen molar-refractivity contribution in [3.8, 4) is 0 Å². The van der Waals surface area contributed by atoms with Crippen molar-refractivity contribution < 1.29 is 13.9 Å². The highest BCUT2D eigenvalue weighted by Crippen LogP contribution is 2.30. The van der Waals surface area contributed by atoms with Crippen molar-refractivity contribution in [2.75, 3.05) is 26.7 Å². The lowest BCUT2D eigenvalue weighted by molar-refractivity contribution is 0.0560. The minimum atomic E-state index is -0.407. The van der Waals surface area contributed by atoms with E-state index < -0.39 is 5.97 Å². The summed E-state index contributed by atoms with van der Waals surface area (Å²) in [5.74, 6) is 1.47. The van der Waals surface area contributed by atoms with Crippen molar-refractivity contribution in [1.29, 1.82) is 0 Å². The fourth-order valence-corrected chi connectivity index (χ4v) is 3.07. The molecule has 2 fully saturated rings. The molecule has 0 spiro atoms. The third-order valence-electron chi connectivity index (χ3n) is 4.36. The molecule has 3 rings (SSSR count). The van der Waals surface area contributed by atoms with Gasteiger partial charge < -0.3 is 14.5 Å². The second kappa shape index (κ2) is 6.62. The van der Waals surface area contributed by atoms with Crippen LogP contribution in [0.15, 0.2) is 16.5 Å². The summed E-state index contributed by atoms with van der Waals surface area (Å²) in [4.78, 5) is 13.9. The third-order valence-corrected chi connectivity index (χ3v) is 4.36. The molecule has 1 aliphatic carbocycles. The van der Waals surface area contributed by atoms with E-state index in [0.29, 0.717) is 11.8 Å². The summed E-state index contributed by atoms with van der Waals surface area (Å²) >= 11 is 0. The first-order valence-corrected chi connectivity index (χ1v) is 7.88. The maximum atomic E-state index is 11.4. The van der Waals surface area contributed by atoms with Gasteiger partial charge in [-0.1, -0.05) is 0 Å². The van der Waals surface area contributed by atoms with Crippen LogP contribution < -0.4 is 5.32 Å². The van der Waals surface area contributed by atoms with Gasteiger partial charge >= 0.3 is 5.97 Å². The molecule has 0 aromatic carbocycles. The normalized spacial score (nSPS) is 22.5. The lowest BCUT2D eigenvalue weighted by Crippen LogP contribution is -2.38. The average molecular weight is 292 g/mol. The Morgan fingerprint density at radius 1 is 1.43 bits per heavy atom. The van der Waals surface area contributed by atoms with Crippen LogP contribution in [0.2, 0.25) is 0 Å². The first-order chi connectivity index (χ1) is 10.3. The van der Waals surface area contributed by atoms with Gasteiger partial charge in [-0.15, -0.1) is 0 Å². The predicted molar refractivity (Wildman–Crippen MR) is 79.1 cm³/mol. The maximum absolute atomic E-state index is 11.4. The molecule has 1 aromatic rings. The lowest BCUT2D eigenvalue weighted by atomic mass is 9.99. The number of carbonyl (C=O) groups is 1. The van der Waals surface area contributed by atoms with E-state index in [2.05, 4.69) is 15.0 Å². The van der Waals surface area contributed by atoms with Gasteiger partial charge in [0.05, 0.1) is 13.7 Å². The van der Waals surface area contributed by atoms with Crippen LogP contribution in [0.1, 0.15) is 42.0 Å². The summed E-state index contributed by atoms with van der Waals surface area (Å²) in [6.07, 6.45) is 5.15. The molecular formula is C16H24N2O3. The number of carbonyl (C=O) groups excluding carboxylic acids is 1. The van der Waals surface area contributed by atoms with Crippen LogP contribution in [0.5, 0.6) is 0 Å². The molecule has 5 heteroatoms. The second-order valence-electron chi connectivity index (χ2n) is 6.13. The van der Waals surface area contributed by atoms with Gasteiger partial charge in [0.2, 0.25) is 5.76 Å². The van der Waals surface area contributed by atoms with E-state index in [1.165, 1.54) is 32.8 Å². The minimum absolute atomic E-state index is 0.294. The Morgan fingerprint density at radius 3 is 2.95 bits per heavy atom. The van der Waals surface area contributed by atoms with Crippen LogP contribution in [-0.4, -0.2) is 43.7 Å². The second-order valence-corrected chi connectivity index (χ2v) is 6.13. The van der Waals surface area contributed by atoms with Gasteiger partial charge in [-0.05, 0) is 56.8 Å². The molecule has 1 aliphatic heterocycles. The van der Waals surface area contributed by atoms with Crippen LogP contribution in [0, 0.1) is 5.92 Å². The molecule has 1 aromatic heterocycles. The zero-order valence-electron chi connectivity index (χ0n) is 12.6. The Kier molecular flexibility index (Phi) is 4.60. The van der Waals surface area contributed by atoms with Gasteiger partial charge in [0, 0.05) is 12.6 Å². The van der Waals surface area contributed by atoms with Crippen LogP contribution >= 0.6 is 0 Å². The quantitative estimate of drug-likeness (QED) is 0.813. The Hall–Kier alpha value is -1.33. The molecule has 5 nitrogen and oxygen atoms in total. The number of rotatable bonds is 6. The van der Waals surface area contributed by atoms with Crippen LogP contribution in [0.3, 0.4) is 0 Å². The van der Waals surface area contributed by atoms with E-state index in [0.717, 1.165) is 37.9 Å². The summed E-state index contributed by atoms with van der Waals surface area (Å²) in [6.45, 7) is 4.18. The highest BCUT2D eigenvalue weighted by molar-refractivity contribution is 5.86. The van der Waals surface area contributed by atoms with Gasteiger partial charge in [0.25, 0.3) is 0 Å². The third kappa shape index (κ3) is 3.86. The predicted octanol–water partition coefficient (Wildman–Crippen LogP) is 2.03. The summed E-state index contributed by atoms with van der Waals surface area (Å²) < 4.78 is 10.3. The number of methoxy groups -OCH3 is 1. The van der Waals surface area contributed by atoms with Crippen molar-refractivity contribution in [3.05, 3.63) is 23.7 Å². The SMILES string of the molecule is COC(=O)c1ccc(CN(CC2CCCNC2)C2CC2)o1. The molecule has 1 saturated carbocycles. The van der Waals surface area contributed by atoms with Gasteiger partial charge in [-0.25, -0.2) is 4.79 Å². The van der Waals surface area contributed by atoms with E-state index in [1.54, 1.807) is 6.07 Å². The Balaban J connectivity index is 1.59. The first kappa shape index (κ1) is 14.6. The largest absolute Gasteiger partial charge is 0.463 e. The van der Waals surface area contributed by atoms with Crippen molar-refractivity contribution in [2.24, 2.45) is 5.92 Å². The fraction of sp³-hybridized carbons (Fsp3) is 0.688. The smallest absolute Gasteiger partial charge is 0.373 e. The summed E-state index contributed by atoms with van der Waals surface area (Å²) in [5.41, 5.74) is 0. The molecule has 2 heterocycles. The summed E-state index contributed by atoms with van der Waals surface area (Å²) in [6, 6.07) is 4.29. The van der Waals surface area contributed by atoms with E-state index >= 15 is 0 Å². The molecule has 0 amide bonds. The number of furan rings is 1. The lowest BCUT2D eigenvalue weighted by Gasteiger charge is -2.29. The van der Waals surface area contributed by atoms with Crippen molar-refractivity contribution in [3.63, 3.8) is 0 Å². The molecular weight excluding hydrogens is 268 g/mol. The number of nitrogens with one attached hydrogen (secondary N) is 1. The van der Waals surface area contributed by atoms with Crippen LogP contribution in [0.25, 0.3) is 0 Å². The highest BCUT2D eigenvalue weighted by atomic mass is 16.5. The summed E-state index contributed by atoms with van der Waals surface area (Å²) in [7, 11) is 1.37. The number of piperidine rings is 1. The molecule has 1 N–H and O–H groups in total. The maximum Gasteiger partial charge on any atom is 0.373 e. The minimum Gasteiger partial charge on any atom is -0.463 e. The molecule has 0 radical (unpaired) electrons. The highest BCUT2D eigenvalue weighted by Gasteiger charge is 2.31. The number of hydrogen-bond acceptors (Lipinski definition) is 5. The van der Waals surface area contributed by atoms with E-state index in [9.17, 15) is 4.79 Å². The number of hydrogen-bond donors (Lipinski definition) is 1. The van der Waals surface area contributed by atoms with Gasteiger partial charge in [-0.2, -0.15) is 0 Å². The van der Waals surface area contributed by atoms with Gasteiger partial charge in [-0.3, -0.25) is 4.90 Å². The first-order valence-electron chi connectivity index (χ1n) is 7.88. The van der Waals surface area contributed by atoms with Crippen molar-refractivity contribution in [2.45, 2.75) is 38.3 Å². The Bertz CT molecular complexity index is 476. The molecule has 1 saturated heterocycles. The molecule has 1 atom stereocenters. The van der Waals surface area contributed by atoms with E-state index in [-0.39, 0.29) is 0 Å². The molecule has 2 aliphatic rings. The number of esters is 1. The van der Waals surface area contributed by atoms with Crippen LogP contribution in [-0.2, 0) is 11.3 Å². The fourth-order valence-electron chi connectivity index (χ4n) is 3.07. The monoisotopic (exact) mass is 292 g/mol. The summed E-state index contributed by atoms with van der Waals surface area (Å²) in [5, 5.41) is 3.48. The number of nitrogens with zero attached hydrogens (tertiary/aromatic N) is 1. The van der Waals surface area contributed by atoms with Gasteiger partial charge in [0.15, 0.2) is 0 Å². The zero-order valence-corrected chi connectivity index (χ0v) is 12.6. The van der Waals surface area contributed by atoms with Crippen molar-refractivity contribution >= 4 is 5.97 Å². The van der Waals surface area contributed by atoms with E-state index in [4.69, 9.17) is 4.42 Å². The van der Waals surface area contributed by atoms with E-state index in [1.807, 2.05) is 6.07 Å². The van der Waals surface area contributed by atoms with Crippen molar-refractivity contribution in [1.82, 2.24) is 10.2 Å². The molecule has 1 unspecified atom stereocenters. The van der Waals surface area contributed by atoms with Crippen LogP contribution in [0.4, 0.5) is 0 Å². The molecule has 21 heavy (non-hydrogen) atoms. The molecule has 116 valence electrons. The zero-order chi connectivity index (χ0) is 14.7. The number of ether oxygens (including phenoxy) is 1.